The van der Waals surface area contributed by atoms with E-state index in [0.29, 0.717) is 15.6 Å². The summed E-state index contributed by atoms with van der Waals surface area (Å²) in [7, 11) is 0. The van der Waals surface area contributed by atoms with Gasteiger partial charge < -0.3 is 14.8 Å². The van der Waals surface area contributed by atoms with E-state index >= 15 is 0 Å². The van der Waals surface area contributed by atoms with E-state index in [1.165, 1.54) is 30.7 Å². The number of rotatable bonds is 5. The molecule has 0 saturated carbocycles. The molecular formula is C19H16Cl2FN3O3. The number of aromatic carboxylic acids is 1. The summed E-state index contributed by atoms with van der Waals surface area (Å²) in [5.74, 6) is -1.76. The Bertz CT molecular complexity index is 1060. The van der Waals surface area contributed by atoms with Gasteiger partial charge in [0.15, 0.2) is 5.69 Å². The maximum atomic E-state index is 13.7. The van der Waals surface area contributed by atoms with Crippen molar-refractivity contribution in [2.24, 2.45) is 0 Å². The van der Waals surface area contributed by atoms with Gasteiger partial charge in [0.05, 0.1) is 12.7 Å². The van der Waals surface area contributed by atoms with Crippen molar-refractivity contribution in [1.82, 2.24) is 14.5 Å². The number of halogens is 3. The van der Waals surface area contributed by atoms with E-state index < -0.39 is 17.4 Å². The molecule has 0 radical (unpaired) electrons. The summed E-state index contributed by atoms with van der Waals surface area (Å²) >= 11 is 12.3. The first-order chi connectivity index (χ1) is 13.1. The number of imidazole rings is 1. The third-order valence-corrected chi connectivity index (χ3v) is 4.65. The maximum absolute atomic E-state index is 13.7. The molecule has 0 amide bonds. The van der Waals surface area contributed by atoms with Gasteiger partial charge in [0, 0.05) is 21.8 Å². The molecule has 0 aliphatic rings. The van der Waals surface area contributed by atoms with Gasteiger partial charge in [0.2, 0.25) is 0 Å². The molecule has 9 heteroatoms. The Kier molecular flexibility index (Phi) is 5.43. The quantitative estimate of drug-likeness (QED) is 0.635. The standard InChI is InChI=1S/C19H16Cl2FN3O3/c1-19(2,28)16-15(18(26)27)25(9-11-5-12(20)3-4-14(11)21)17(24-16)10-6-13(22)8-23-7-10/h3-8,28H,9H2,1-2H3,(H,26,27). The van der Waals surface area contributed by atoms with Crippen LogP contribution >= 0.6 is 23.2 Å². The van der Waals surface area contributed by atoms with Crippen molar-refractivity contribution in [1.29, 1.82) is 0 Å². The van der Waals surface area contributed by atoms with Crippen molar-refractivity contribution < 1.29 is 19.4 Å². The Hall–Kier alpha value is -2.48. The van der Waals surface area contributed by atoms with Crippen molar-refractivity contribution in [2.75, 3.05) is 0 Å². The Balaban J connectivity index is 2.29. The van der Waals surface area contributed by atoms with Crippen LogP contribution in [0.3, 0.4) is 0 Å². The predicted molar refractivity (Wildman–Crippen MR) is 103 cm³/mol. The zero-order valence-corrected chi connectivity index (χ0v) is 16.5. The summed E-state index contributed by atoms with van der Waals surface area (Å²) in [6.45, 7) is 2.84. The van der Waals surface area contributed by atoms with Gasteiger partial charge in [-0.25, -0.2) is 14.2 Å². The molecule has 0 saturated heterocycles. The van der Waals surface area contributed by atoms with Crippen LogP contribution in [0.25, 0.3) is 11.4 Å². The number of carboxylic acids is 1. The van der Waals surface area contributed by atoms with E-state index in [4.69, 9.17) is 23.2 Å². The van der Waals surface area contributed by atoms with Gasteiger partial charge in [-0.15, -0.1) is 0 Å². The monoisotopic (exact) mass is 423 g/mol. The molecule has 1 aromatic carbocycles. The topological polar surface area (TPSA) is 88.2 Å². The number of hydrogen-bond donors (Lipinski definition) is 2. The third kappa shape index (κ3) is 4.01. The smallest absolute Gasteiger partial charge is 0.354 e. The summed E-state index contributed by atoms with van der Waals surface area (Å²) < 4.78 is 15.1. The minimum atomic E-state index is -1.55. The Morgan fingerprint density at radius 1 is 1.25 bits per heavy atom. The maximum Gasteiger partial charge on any atom is 0.354 e. The van der Waals surface area contributed by atoms with Crippen molar-refractivity contribution in [3.05, 3.63) is 69.5 Å². The highest BCUT2D eigenvalue weighted by Gasteiger charge is 2.32. The van der Waals surface area contributed by atoms with Gasteiger partial charge in [-0.05, 0) is 43.7 Å². The second-order valence-electron chi connectivity index (χ2n) is 6.71. The normalized spacial score (nSPS) is 11.6. The lowest BCUT2D eigenvalue weighted by atomic mass is 10.0. The molecule has 0 aliphatic carbocycles. The predicted octanol–water partition coefficient (Wildman–Crippen LogP) is 4.36. The summed E-state index contributed by atoms with van der Waals surface area (Å²) in [6, 6.07) is 5.99. The molecule has 0 unspecified atom stereocenters. The minimum Gasteiger partial charge on any atom is -0.477 e. The number of carbonyl (C=O) groups is 1. The van der Waals surface area contributed by atoms with E-state index in [2.05, 4.69) is 9.97 Å². The molecule has 2 heterocycles. The number of nitrogens with zero attached hydrogens (tertiary/aromatic N) is 3. The number of pyridine rings is 1. The number of carboxylic acid groups (broad SMARTS) is 1. The molecule has 28 heavy (non-hydrogen) atoms. The minimum absolute atomic E-state index is 0.00401. The summed E-state index contributed by atoms with van der Waals surface area (Å²) in [5, 5.41) is 21.1. The van der Waals surface area contributed by atoms with Crippen LogP contribution in [0.15, 0.2) is 36.7 Å². The summed E-state index contributed by atoms with van der Waals surface area (Å²) in [6.07, 6.45) is 2.39. The van der Waals surface area contributed by atoms with Gasteiger partial charge in [-0.2, -0.15) is 0 Å². The van der Waals surface area contributed by atoms with E-state index in [1.54, 1.807) is 18.2 Å². The first-order valence-corrected chi connectivity index (χ1v) is 8.95. The van der Waals surface area contributed by atoms with Gasteiger partial charge >= 0.3 is 5.97 Å². The van der Waals surface area contributed by atoms with Gasteiger partial charge in [-0.3, -0.25) is 4.98 Å². The SMILES string of the molecule is CC(C)(O)c1nc(-c2cncc(F)c2)n(Cc2cc(Cl)ccc2Cl)c1C(=O)O. The molecule has 146 valence electrons. The molecule has 0 spiro atoms. The highest BCUT2D eigenvalue weighted by Crippen LogP contribution is 2.31. The number of hydrogen-bond acceptors (Lipinski definition) is 4. The Morgan fingerprint density at radius 3 is 2.57 bits per heavy atom. The average Bonchev–Trinajstić information content (AvgIpc) is 2.98. The summed E-state index contributed by atoms with van der Waals surface area (Å²) in [4.78, 5) is 20.1. The number of benzene rings is 1. The third-order valence-electron chi connectivity index (χ3n) is 4.05. The van der Waals surface area contributed by atoms with Gasteiger partial charge in [0.25, 0.3) is 0 Å². The zero-order valence-electron chi connectivity index (χ0n) is 14.9. The van der Waals surface area contributed by atoms with Crippen LogP contribution in [0.5, 0.6) is 0 Å². The van der Waals surface area contributed by atoms with E-state index in [-0.39, 0.29) is 29.3 Å². The fraction of sp³-hybridized carbons (Fsp3) is 0.211. The molecular weight excluding hydrogens is 408 g/mol. The summed E-state index contributed by atoms with van der Waals surface area (Å²) in [5.41, 5.74) is -1.04. The molecule has 0 aliphatic heterocycles. The molecule has 0 fully saturated rings. The molecule has 2 N–H and O–H groups in total. The van der Waals surface area contributed by atoms with E-state index in [1.807, 2.05) is 0 Å². The van der Waals surface area contributed by atoms with Crippen LogP contribution < -0.4 is 0 Å². The highest BCUT2D eigenvalue weighted by molar-refractivity contribution is 6.33. The van der Waals surface area contributed by atoms with Gasteiger partial charge in [0.1, 0.15) is 22.9 Å². The van der Waals surface area contributed by atoms with Crippen molar-refractivity contribution in [2.45, 2.75) is 26.0 Å². The lowest BCUT2D eigenvalue weighted by Gasteiger charge is -2.16. The zero-order chi connectivity index (χ0) is 20.6. The molecule has 3 rings (SSSR count). The Morgan fingerprint density at radius 2 is 1.96 bits per heavy atom. The number of aromatic nitrogens is 3. The van der Waals surface area contributed by atoms with Crippen LogP contribution in [-0.2, 0) is 12.1 Å². The van der Waals surface area contributed by atoms with Crippen molar-refractivity contribution in [3.63, 3.8) is 0 Å². The van der Waals surface area contributed by atoms with E-state index in [0.717, 1.165) is 6.20 Å². The van der Waals surface area contributed by atoms with Crippen LogP contribution in [0.4, 0.5) is 4.39 Å². The average molecular weight is 424 g/mol. The second-order valence-corrected chi connectivity index (χ2v) is 7.55. The van der Waals surface area contributed by atoms with E-state index in [9.17, 15) is 19.4 Å². The molecule has 6 nitrogen and oxygen atoms in total. The van der Waals surface area contributed by atoms with Crippen molar-refractivity contribution in [3.8, 4) is 11.4 Å². The van der Waals surface area contributed by atoms with Crippen LogP contribution in [0.2, 0.25) is 10.0 Å². The molecule has 0 atom stereocenters. The van der Waals surface area contributed by atoms with Gasteiger partial charge in [-0.1, -0.05) is 23.2 Å². The molecule has 0 bridgehead atoms. The molecule has 2 aromatic heterocycles. The lowest BCUT2D eigenvalue weighted by molar-refractivity contribution is 0.0602. The number of aliphatic hydroxyl groups is 1. The fourth-order valence-electron chi connectivity index (χ4n) is 2.84. The highest BCUT2D eigenvalue weighted by atomic mass is 35.5. The lowest BCUT2D eigenvalue weighted by Crippen LogP contribution is -2.22. The first-order valence-electron chi connectivity index (χ1n) is 8.19. The fourth-order valence-corrected chi connectivity index (χ4v) is 3.21. The van der Waals surface area contributed by atoms with Crippen molar-refractivity contribution >= 4 is 29.2 Å². The van der Waals surface area contributed by atoms with Crippen LogP contribution in [0.1, 0.15) is 35.6 Å². The Labute approximate surface area is 170 Å². The molecule has 3 aromatic rings. The van der Waals surface area contributed by atoms with Crippen LogP contribution in [-0.4, -0.2) is 30.7 Å². The largest absolute Gasteiger partial charge is 0.477 e. The second kappa shape index (κ2) is 7.50. The van der Waals surface area contributed by atoms with Crippen LogP contribution in [0, 0.1) is 5.82 Å². The first kappa shape index (κ1) is 20.3.